The van der Waals surface area contributed by atoms with E-state index < -0.39 is 11.8 Å². The van der Waals surface area contributed by atoms with Crippen LogP contribution in [0, 0.1) is 11.6 Å². The molecule has 0 aliphatic rings. The van der Waals surface area contributed by atoms with Crippen LogP contribution in [0.1, 0.15) is 23.0 Å². The summed E-state index contributed by atoms with van der Waals surface area (Å²) < 4.78 is 26.0. The van der Waals surface area contributed by atoms with Gasteiger partial charge in [-0.25, -0.2) is 8.78 Å². The quantitative estimate of drug-likeness (QED) is 0.684. The largest absolute Gasteiger partial charge is 0.298 e. The van der Waals surface area contributed by atoms with Crippen LogP contribution in [0.15, 0.2) is 48.5 Å². The number of alkyl halides is 2. The summed E-state index contributed by atoms with van der Waals surface area (Å²) in [4.78, 5) is 12.7. The van der Waals surface area contributed by atoms with Gasteiger partial charge in [0.1, 0.15) is 17.4 Å². The van der Waals surface area contributed by atoms with Crippen LogP contribution in [-0.4, -0.2) is 17.5 Å². The number of benzene rings is 2. The summed E-state index contributed by atoms with van der Waals surface area (Å²) in [6.45, 7) is 0. The van der Waals surface area contributed by atoms with Crippen LogP contribution in [0.25, 0.3) is 0 Å². The Balaban J connectivity index is 2.29. The Bertz CT molecular complexity index is 571. The molecule has 0 heterocycles. The molecular formula is C17H14Cl2F2O. The first-order valence-electron chi connectivity index (χ1n) is 6.73. The van der Waals surface area contributed by atoms with Crippen LogP contribution in [0.3, 0.4) is 0 Å². The summed E-state index contributed by atoms with van der Waals surface area (Å²) in [6, 6.07) is 11.3. The fraction of sp³-hybridized carbons (Fsp3) is 0.235. The molecule has 0 spiro atoms. The van der Waals surface area contributed by atoms with Gasteiger partial charge < -0.3 is 0 Å². The normalized spacial score (nSPS) is 13.6. The molecule has 0 aliphatic carbocycles. The van der Waals surface area contributed by atoms with Gasteiger partial charge in [-0.3, -0.25) is 4.79 Å². The van der Waals surface area contributed by atoms with Crippen molar-refractivity contribution < 1.29 is 13.6 Å². The average Bonchev–Trinajstić information content (AvgIpc) is 2.52. The molecule has 0 radical (unpaired) electrons. The minimum atomic E-state index is -0.587. The van der Waals surface area contributed by atoms with E-state index in [2.05, 4.69) is 0 Å². The third kappa shape index (κ3) is 3.84. The molecule has 0 aromatic heterocycles. The van der Waals surface area contributed by atoms with Crippen molar-refractivity contribution in [2.24, 2.45) is 0 Å². The molecule has 0 N–H and O–H groups in total. The Morgan fingerprint density at radius 1 is 0.773 bits per heavy atom. The lowest BCUT2D eigenvalue weighted by atomic mass is 9.85. The van der Waals surface area contributed by atoms with Crippen molar-refractivity contribution >= 4 is 29.0 Å². The Morgan fingerprint density at radius 2 is 1.09 bits per heavy atom. The van der Waals surface area contributed by atoms with Gasteiger partial charge in [0, 0.05) is 11.8 Å². The second-order valence-electron chi connectivity index (χ2n) is 4.92. The van der Waals surface area contributed by atoms with E-state index in [0.717, 1.165) is 0 Å². The fourth-order valence-electron chi connectivity index (χ4n) is 2.29. The number of hydrogen-bond donors (Lipinski definition) is 0. The molecule has 2 atom stereocenters. The predicted molar refractivity (Wildman–Crippen MR) is 84.7 cm³/mol. The van der Waals surface area contributed by atoms with E-state index in [1.807, 2.05) is 0 Å². The van der Waals surface area contributed by atoms with E-state index in [4.69, 9.17) is 23.2 Å². The van der Waals surface area contributed by atoms with E-state index in [1.165, 1.54) is 48.5 Å². The van der Waals surface area contributed by atoms with Gasteiger partial charge >= 0.3 is 0 Å². The van der Waals surface area contributed by atoms with Gasteiger partial charge in [0.2, 0.25) is 0 Å². The first-order chi connectivity index (χ1) is 10.6. The van der Waals surface area contributed by atoms with Crippen LogP contribution >= 0.6 is 23.2 Å². The highest BCUT2D eigenvalue weighted by Crippen LogP contribution is 2.29. The molecule has 116 valence electrons. The zero-order valence-corrected chi connectivity index (χ0v) is 13.1. The maximum atomic E-state index is 13.0. The van der Waals surface area contributed by atoms with E-state index >= 15 is 0 Å². The zero-order chi connectivity index (χ0) is 16.1. The van der Waals surface area contributed by atoms with Crippen LogP contribution in [0.4, 0.5) is 8.78 Å². The number of hydrogen-bond acceptors (Lipinski definition) is 1. The van der Waals surface area contributed by atoms with Crippen molar-refractivity contribution in [1.82, 2.24) is 0 Å². The predicted octanol–water partition coefficient (Wildman–Crippen LogP) is 4.88. The molecular weight excluding hydrogens is 329 g/mol. The molecule has 0 bridgehead atoms. The molecule has 0 aliphatic heterocycles. The van der Waals surface area contributed by atoms with Gasteiger partial charge in [-0.05, 0) is 35.4 Å². The molecule has 1 nitrogen and oxygen atoms in total. The first-order valence-corrected chi connectivity index (χ1v) is 7.80. The van der Waals surface area contributed by atoms with Crippen LogP contribution in [-0.2, 0) is 4.79 Å². The molecule has 0 saturated heterocycles. The molecule has 22 heavy (non-hydrogen) atoms. The molecule has 2 rings (SSSR count). The van der Waals surface area contributed by atoms with Crippen molar-refractivity contribution in [2.75, 3.05) is 11.8 Å². The van der Waals surface area contributed by atoms with Crippen molar-refractivity contribution in [3.05, 3.63) is 71.3 Å². The first kappa shape index (κ1) is 16.9. The number of halogens is 4. The summed E-state index contributed by atoms with van der Waals surface area (Å²) in [5.41, 5.74) is 1.28. The third-order valence-electron chi connectivity index (χ3n) is 3.54. The molecule has 0 amide bonds. The zero-order valence-electron chi connectivity index (χ0n) is 11.6. The number of ketones is 1. The Kier molecular flexibility index (Phi) is 5.92. The van der Waals surface area contributed by atoms with Crippen molar-refractivity contribution in [1.29, 1.82) is 0 Å². The van der Waals surface area contributed by atoms with Gasteiger partial charge in [0.05, 0.1) is 11.8 Å². The van der Waals surface area contributed by atoms with Gasteiger partial charge in [-0.1, -0.05) is 24.3 Å². The highest BCUT2D eigenvalue weighted by Gasteiger charge is 2.28. The Labute approximate surface area is 137 Å². The number of rotatable bonds is 6. The minimum absolute atomic E-state index is 0.0685. The molecule has 0 saturated carbocycles. The van der Waals surface area contributed by atoms with Gasteiger partial charge in [-0.15, -0.1) is 23.2 Å². The van der Waals surface area contributed by atoms with Crippen molar-refractivity contribution in [2.45, 2.75) is 11.8 Å². The highest BCUT2D eigenvalue weighted by molar-refractivity contribution is 6.22. The monoisotopic (exact) mass is 342 g/mol. The highest BCUT2D eigenvalue weighted by atomic mass is 35.5. The van der Waals surface area contributed by atoms with E-state index in [1.54, 1.807) is 0 Å². The lowest BCUT2D eigenvalue weighted by Gasteiger charge is -2.20. The minimum Gasteiger partial charge on any atom is -0.298 e. The van der Waals surface area contributed by atoms with Crippen LogP contribution in [0.2, 0.25) is 0 Å². The van der Waals surface area contributed by atoms with Crippen molar-refractivity contribution in [3.63, 3.8) is 0 Å². The maximum Gasteiger partial charge on any atom is 0.150 e. The fourth-order valence-corrected chi connectivity index (χ4v) is 2.95. The molecule has 2 aromatic carbocycles. The van der Waals surface area contributed by atoms with E-state index in [9.17, 15) is 13.6 Å². The van der Waals surface area contributed by atoms with E-state index in [-0.39, 0.29) is 29.2 Å². The number of Topliss-reactive ketones (excluding diaryl/α,β-unsaturated/α-hetero) is 1. The van der Waals surface area contributed by atoms with Crippen LogP contribution < -0.4 is 0 Å². The lowest BCUT2D eigenvalue weighted by molar-refractivity contribution is -0.121. The Hall–Kier alpha value is -1.45. The molecule has 0 fully saturated rings. The second-order valence-corrected chi connectivity index (χ2v) is 5.54. The van der Waals surface area contributed by atoms with Crippen LogP contribution in [0.5, 0.6) is 0 Å². The summed E-state index contributed by atoms with van der Waals surface area (Å²) in [5, 5.41) is 0. The van der Waals surface area contributed by atoms with Crippen molar-refractivity contribution in [3.8, 4) is 0 Å². The number of carbonyl (C=O) groups excluding carboxylic acids is 1. The average molecular weight is 343 g/mol. The summed E-state index contributed by atoms with van der Waals surface area (Å²) in [6.07, 6.45) is 0. The molecule has 2 aromatic rings. The maximum absolute atomic E-state index is 13.0. The SMILES string of the molecule is O=C(C(CCl)c1ccc(F)cc1)C(CCl)c1ccc(F)cc1. The van der Waals surface area contributed by atoms with E-state index in [0.29, 0.717) is 11.1 Å². The lowest BCUT2D eigenvalue weighted by Crippen LogP contribution is -2.23. The summed E-state index contributed by atoms with van der Waals surface area (Å²) >= 11 is 11.9. The molecule has 2 unspecified atom stereocenters. The Morgan fingerprint density at radius 3 is 1.36 bits per heavy atom. The smallest absolute Gasteiger partial charge is 0.150 e. The van der Waals surface area contributed by atoms with Gasteiger partial charge in [0.15, 0.2) is 0 Å². The van der Waals surface area contributed by atoms with Gasteiger partial charge in [0.25, 0.3) is 0 Å². The second kappa shape index (κ2) is 7.70. The van der Waals surface area contributed by atoms with Gasteiger partial charge in [-0.2, -0.15) is 0 Å². The number of carbonyl (C=O) groups is 1. The topological polar surface area (TPSA) is 17.1 Å². The summed E-state index contributed by atoms with van der Waals surface area (Å²) in [7, 11) is 0. The third-order valence-corrected chi connectivity index (χ3v) is 4.16. The standard InChI is InChI=1S/C17H14Cl2F2O/c18-9-15(11-1-5-13(20)6-2-11)17(22)16(10-19)12-3-7-14(21)8-4-12/h1-8,15-16H,9-10H2. The molecule has 5 heteroatoms. The summed E-state index contributed by atoms with van der Waals surface area (Å²) in [5.74, 6) is -1.96.